The maximum atomic E-state index is 11.6. The molecular formula is C12H22N2O4. The fraction of sp³-hybridized carbons (Fsp3) is 0.833. The van der Waals surface area contributed by atoms with Crippen LogP contribution in [0.15, 0.2) is 0 Å². The lowest BCUT2D eigenvalue weighted by atomic mass is 10.2. The van der Waals surface area contributed by atoms with E-state index in [1.54, 1.807) is 6.92 Å². The number of likely N-dealkylation sites (tertiary alicyclic amines) is 1. The Morgan fingerprint density at radius 1 is 1.50 bits per heavy atom. The van der Waals surface area contributed by atoms with Crippen molar-refractivity contribution in [2.45, 2.75) is 38.8 Å². The summed E-state index contributed by atoms with van der Waals surface area (Å²) in [5.41, 5.74) is 0. The Labute approximate surface area is 108 Å². The van der Waals surface area contributed by atoms with E-state index in [1.165, 1.54) is 7.11 Å². The maximum Gasteiger partial charge on any atom is 0.407 e. The van der Waals surface area contributed by atoms with Crippen molar-refractivity contribution in [1.82, 2.24) is 10.2 Å². The summed E-state index contributed by atoms with van der Waals surface area (Å²) in [7, 11) is 1.40. The van der Waals surface area contributed by atoms with E-state index in [-0.39, 0.29) is 18.1 Å². The maximum absolute atomic E-state index is 11.6. The zero-order chi connectivity index (χ0) is 13.5. The molecule has 1 aliphatic heterocycles. The van der Waals surface area contributed by atoms with Crippen LogP contribution in [0, 0.1) is 0 Å². The van der Waals surface area contributed by atoms with Crippen LogP contribution in [0.5, 0.6) is 0 Å². The van der Waals surface area contributed by atoms with Crippen LogP contribution in [-0.2, 0) is 14.3 Å². The highest BCUT2D eigenvalue weighted by molar-refractivity contribution is 5.76. The van der Waals surface area contributed by atoms with E-state index < -0.39 is 6.09 Å². The lowest BCUT2D eigenvalue weighted by Gasteiger charge is -2.25. The fourth-order valence-electron chi connectivity index (χ4n) is 2.22. The summed E-state index contributed by atoms with van der Waals surface area (Å²) in [4.78, 5) is 24.9. The molecule has 18 heavy (non-hydrogen) atoms. The Morgan fingerprint density at radius 3 is 2.83 bits per heavy atom. The Hall–Kier alpha value is -1.30. The molecule has 0 aromatic rings. The van der Waals surface area contributed by atoms with Gasteiger partial charge in [-0.2, -0.15) is 0 Å². The van der Waals surface area contributed by atoms with Gasteiger partial charge in [0, 0.05) is 12.6 Å². The van der Waals surface area contributed by atoms with E-state index in [1.807, 2.05) is 11.8 Å². The van der Waals surface area contributed by atoms with Crippen molar-refractivity contribution in [3.05, 3.63) is 0 Å². The standard InChI is InChI=1S/C12H22N2O4/c1-4-18-12(16)13-9(2)8-14-7-5-6-10(14)11(15)17-3/h9-10H,4-8H2,1-3H3,(H,13,16)/t9-,10-/m0/s1. The molecule has 1 aliphatic rings. The number of nitrogens with one attached hydrogen (secondary N) is 1. The average molecular weight is 258 g/mol. The minimum atomic E-state index is -0.418. The zero-order valence-electron chi connectivity index (χ0n) is 11.3. The van der Waals surface area contributed by atoms with Crippen LogP contribution in [0.4, 0.5) is 4.79 Å². The monoisotopic (exact) mass is 258 g/mol. The fourth-order valence-corrected chi connectivity index (χ4v) is 2.22. The van der Waals surface area contributed by atoms with Gasteiger partial charge in [-0.3, -0.25) is 9.69 Å². The van der Waals surface area contributed by atoms with E-state index >= 15 is 0 Å². The number of methoxy groups -OCH3 is 1. The predicted molar refractivity (Wildman–Crippen MR) is 66.2 cm³/mol. The number of esters is 1. The number of ether oxygens (including phenoxy) is 2. The van der Waals surface area contributed by atoms with Crippen LogP contribution in [0.3, 0.4) is 0 Å². The number of hydrogen-bond donors (Lipinski definition) is 1. The number of carbonyl (C=O) groups excluding carboxylic acids is 2. The first-order chi connectivity index (χ1) is 8.58. The molecule has 104 valence electrons. The topological polar surface area (TPSA) is 67.9 Å². The third kappa shape index (κ3) is 4.18. The van der Waals surface area contributed by atoms with E-state index in [9.17, 15) is 9.59 Å². The minimum Gasteiger partial charge on any atom is -0.468 e. The molecule has 1 amide bonds. The summed E-state index contributed by atoms with van der Waals surface area (Å²) < 4.78 is 9.59. The second kappa shape index (κ2) is 7.20. The molecule has 0 aromatic heterocycles. The van der Waals surface area contributed by atoms with Crippen LogP contribution in [0.2, 0.25) is 0 Å². The van der Waals surface area contributed by atoms with Gasteiger partial charge in [0.1, 0.15) is 6.04 Å². The summed E-state index contributed by atoms with van der Waals surface area (Å²) in [6, 6.07) is -0.240. The number of carbonyl (C=O) groups is 2. The van der Waals surface area contributed by atoms with Crippen LogP contribution in [-0.4, -0.2) is 55.9 Å². The molecule has 1 saturated heterocycles. The molecule has 0 bridgehead atoms. The molecule has 0 spiro atoms. The van der Waals surface area contributed by atoms with Crippen LogP contribution >= 0.6 is 0 Å². The van der Waals surface area contributed by atoms with E-state index in [2.05, 4.69) is 5.32 Å². The number of amides is 1. The Balaban J connectivity index is 2.40. The van der Waals surface area contributed by atoms with Crippen molar-refractivity contribution < 1.29 is 19.1 Å². The number of hydrogen-bond acceptors (Lipinski definition) is 5. The Bertz CT molecular complexity index is 296. The van der Waals surface area contributed by atoms with E-state index in [0.29, 0.717) is 13.2 Å². The molecule has 0 unspecified atom stereocenters. The molecule has 6 nitrogen and oxygen atoms in total. The van der Waals surface area contributed by atoms with Gasteiger partial charge >= 0.3 is 12.1 Å². The molecule has 0 saturated carbocycles. The third-order valence-corrected chi connectivity index (χ3v) is 2.98. The number of alkyl carbamates (subject to hydrolysis) is 1. The van der Waals surface area contributed by atoms with Crippen LogP contribution in [0.25, 0.3) is 0 Å². The van der Waals surface area contributed by atoms with Crippen LogP contribution in [0.1, 0.15) is 26.7 Å². The summed E-state index contributed by atoms with van der Waals surface area (Å²) >= 11 is 0. The smallest absolute Gasteiger partial charge is 0.407 e. The zero-order valence-corrected chi connectivity index (χ0v) is 11.3. The Kier molecular flexibility index (Phi) is 5.91. The molecule has 0 aliphatic carbocycles. The van der Waals surface area contributed by atoms with Crippen molar-refractivity contribution in [2.75, 3.05) is 26.8 Å². The molecular weight excluding hydrogens is 236 g/mol. The summed E-state index contributed by atoms with van der Waals surface area (Å²) in [6.07, 6.45) is 1.38. The number of nitrogens with zero attached hydrogens (tertiary/aromatic N) is 1. The lowest BCUT2D eigenvalue weighted by molar-refractivity contribution is -0.145. The van der Waals surface area contributed by atoms with Crippen molar-refractivity contribution in [3.8, 4) is 0 Å². The molecule has 1 N–H and O–H groups in total. The van der Waals surface area contributed by atoms with Gasteiger partial charge in [-0.15, -0.1) is 0 Å². The first-order valence-electron chi connectivity index (χ1n) is 6.33. The molecule has 0 aromatic carbocycles. The van der Waals surface area contributed by atoms with Crippen molar-refractivity contribution in [1.29, 1.82) is 0 Å². The molecule has 2 atom stereocenters. The largest absolute Gasteiger partial charge is 0.468 e. The molecule has 1 heterocycles. The highest BCUT2D eigenvalue weighted by atomic mass is 16.5. The average Bonchev–Trinajstić information content (AvgIpc) is 2.76. The van der Waals surface area contributed by atoms with Crippen molar-refractivity contribution in [2.24, 2.45) is 0 Å². The van der Waals surface area contributed by atoms with Crippen LogP contribution < -0.4 is 5.32 Å². The highest BCUT2D eigenvalue weighted by Crippen LogP contribution is 2.18. The Morgan fingerprint density at radius 2 is 2.22 bits per heavy atom. The minimum absolute atomic E-state index is 0.0608. The van der Waals surface area contributed by atoms with Gasteiger partial charge in [0.15, 0.2) is 0 Å². The van der Waals surface area contributed by atoms with E-state index in [4.69, 9.17) is 9.47 Å². The highest BCUT2D eigenvalue weighted by Gasteiger charge is 2.32. The van der Waals surface area contributed by atoms with Gasteiger partial charge in [0.05, 0.1) is 13.7 Å². The van der Waals surface area contributed by atoms with Gasteiger partial charge in [-0.05, 0) is 33.2 Å². The summed E-state index contributed by atoms with van der Waals surface area (Å²) in [5.74, 6) is -0.198. The van der Waals surface area contributed by atoms with Crippen molar-refractivity contribution >= 4 is 12.1 Å². The molecule has 0 radical (unpaired) electrons. The van der Waals surface area contributed by atoms with Gasteiger partial charge in [0.25, 0.3) is 0 Å². The van der Waals surface area contributed by atoms with E-state index in [0.717, 1.165) is 19.4 Å². The van der Waals surface area contributed by atoms with Gasteiger partial charge in [-0.1, -0.05) is 0 Å². The summed E-state index contributed by atoms with van der Waals surface area (Å²) in [6.45, 7) is 5.49. The normalized spacial score (nSPS) is 21.4. The van der Waals surface area contributed by atoms with Gasteiger partial charge < -0.3 is 14.8 Å². The van der Waals surface area contributed by atoms with Gasteiger partial charge in [0.2, 0.25) is 0 Å². The molecule has 1 fully saturated rings. The lowest BCUT2D eigenvalue weighted by Crippen LogP contribution is -2.46. The quantitative estimate of drug-likeness (QED) is 0.737. The first kappa shape index (κ1) is 14.8. The van der Waals surface area contributed by atoms with Crippen molar-refractivity contribution in [3.63, 3.8) is 0 Å². The molecule has 6 heteroatoms. The van der Waals surface area contributed by atoms with Gasteiger partial charge in [-0.25, -0.2) is 4.79 Å². The second-order valence-corrected chi connectivity index (χ2v) is 4.44. The first-order valence-corrected chi connectivity index (χ1v) is 6.33. The second-order valence-electron chi connectivity index (χ2n) is 4.44. The molecule has 1 rings (SSSR count). The predicted octanol–water partition coefficient (Wildman–Crippen LogP) is 0.758. The summed E-state index contributed by atoms with van der Waals surface area (Å²) in [5, 5.41) is 2.73. The number of rotatable bonds is 5. The third-order valence-electron chi connectivity index (χ3n) is 2.98. The SMILES string of the molecule is CCOC(=O)N[C@@H](C)CN1CCC[C@H]1C(=O)OC.